The van der Waals surface area contributed by atoms with Crippen LogP contribution < -0.4 is 19.9 Å². The third-order valence-electron chi connectivity index (χ3n) is 2.95. The van der Waals surface area contributed by atoms with Gasteiger partial charge in [-0.1, -0.05) is 0 Å². The standard InChI is InChI=1S/C13H16BrN3O3/c1-17-10(15)6-8(16-17)11-7(14)5-9(18-2)12(19-3)13(11)20-4/h5-6H,15H2,1-4H3. The Balaban J connectivity index is 2.74. The molecule has 0 aliphatic carbocycles. The minimum atomic E-state index is 0.512. The third-order valence-corrected chi connectivity index (χ3v) is 3.58. The van der Waals surface area contributed by atoms with Gasteiger partial charge in [-0.25, -0.2) is 0 Å². The highest BCUT2D eigenvalue weighted by atomic mass is 79.9. The number of aryl methyl sites for hydroxylation is 1. The van der Waals surface area contributed by atoms with E-state index in [1.54, 1.807) is 39.1 Å². The first-order chi connectivity index (χ1) is 9.53. The molecule has 20 heavy (non-hydrogen) atoms. The van der Waals surface area contributed by atoms with Crippen molar-refractivity contribution in [3.63, 3.8) is 0 Å². The van der Waals surface area contributed by atoms with Crippen molar-refractivity contribution in [2.24, 2.45) is 7.05 Å². The van der Waals surface area contributed by atoms with E-state index < -0.39 is 0 Å². The number of halogens is 1. The second-order valence-electron chi connectivity index (χ2n) is 4.08. The number of rotatable bonds is 4. The number of aromatic nitrogens is 2. The summed E-state index contributed by atoms with van der Waals surface area (Å²) in [4.78, 5) is 0. The predicted molar refractivity (Wildman–Crippen MR) is 80.4 cm³/mol. The van der Waals surface area contributed by atoms with Gasteiger partial charge in [0.05, 0.1) is 32.6 Å². The van der Waals surface area contributed by atoms with Crippen LogP contribution in [0.1, 0.15) is 0 Å². The average Bonchev–Trinajstić information content (AvgIpc) is 2.76. The lowest BCUT2D eigenvalue weighted by Crippen LogP contribution is -1.99. The Hall–Kier alpha value is -1.89. The molecule has 2 aromatic rings. The Morgan fingerprint density at radius 2 is 1.75 bits per heavy atom. The Labute approximate surface area is 125 Å². The van der Waals surface area contributed by atoms with E-state index in [-0.39, 0.29) is 0 Å². The number of nitrogens with zero attached hydrogens (tertiary/aromatic N) is 2. The maximum atomic E-state index is 5.83. The van der Waals surface area contributed by atoms with Gasteiger partial charge in [-0.05, 0) is 22.0 Å². The molecule has 2 N–H and O–H groups in total. The van der Waals surface area contributed by atoms with Crippen LogP contribution in [0.25, 0.3) is 11.3 Å². The van der Waals surface area contributed by atoms with Crippen molar-refractivity contribution in [3.05, 3.63) is 16.6 Å². The SMILES string of the molecule is COc1cc(Br)c(-c2cc(N)n(C)n2)c(OC)c1OC. The normalized spacial score (nSPS) is 10.4. The molecule has 1 aromatic carbocycles. The Bertz CT molecular complexity index is 621. The minimum Gasteiger partial charge on any atom is -0.493 e. The van der Waals surface area contributed by atoms with Crippen LogP contribution in [0.4, 0.5) is 5.82 Å². The van der Waals surface area contributed by atoms with E-state index >= 15 is 0 Å². The first-order valence-electron chi connectivity index (χ1n) is 5.81. The quantitative estimate of drug-likeness (QED) is 0.924. The molecule has 1 heterocycles. The van der Waals surface area contributed by atoms with Gasteiger partial charge >= 0.3 is 0 Å². The molecule has 0 saturated heterocycles. The van der Waals surface area contributed by atoms with E-state index in [9.17, 15) is 0 Å². The molecule has 0 aliphatic heterocycles. The summed E-state index contributed by atoms with van der Waals surface area (Å²) in [7, 11) is 6.48. The zero-order chi connectivity index (χ0) is 14.9. The third kappa shape index (κ3) is 2.29. The van der Waals surface area contributed by atoms with Gasteiger partial charge in [0.1, 0.15) is 5.82 Å². The number of benzene rings is 1. The topological polar surface area (TPSA) is 71.5 Å². The van der Waals surface area contributed by atoms with Crippen LogP contribution in [0.2, 0.25) is 0 Å². The second-order valence-corrected chi connectivity index (χ2v) is 4.93. The van der Waals surface area contributed by atoms with Gasteiger partial charge in [-0.2, -0.15) is 5.10 Å². The first kappa shape index (κ1) is 14.5. The van der Waals surface area contributed by atoms with Gasteiger partial charge in [0, 0.05) is 17.6 Å². The molecule has 0 amide bonds. The number of methoxy groups -OCH3 is 3. The number of ether oxygens (including phenoxy) is 3. The number of nitrogen functional groups attached to an aromatic ring is 1. The summed E-state index contributed by atoms with van der Waals surface area (Å²) in [5.41, 5.74) is 7.29. The highest BCUT2D eigenvalue weighted by molar-refractivity contribution is 9.10. The first-order valence-corrected chi connectivity index (χ1v) is 6.61. The van der Waals surface area contributed by atoms with Crippen molar-refractivity contribution in [1.29, 1.82) is 0 Å². The fourth-order valence-electron chi connectivity index (χ4n) is 1.97. The molecule has 108 valence electrons. The fourth-order valence-corrected chi connectivity index (χ4v) is 2.56. The maximum absolute atomic E-state index is 5.83. The van der Waals surface area contributed by atoms with Crippen LogP contribution in [-0.2, 0) is 7.05 Å². The maximum Gasteiger partial charge on any atom is 0.204 e. The Morgan fingerprint density at radius 3 is 2.20 bits per heavy atom. The molecule has 0 aliphatic rings. The zero-order valence-corrected chi connectivity index (χ0v) is 13.3. The van der Waals surface area contributed by atoms with Crippen LogP contribution >= 0.6 is 15.9 Å². The summed E-state index contributed by atoms with van der Waals surface area (Å²) in [6.07, 6.45) is 0. The summed E-state index contributed by atoms with van der Waals surface area (Å²) in [6.45, 7) is 0. The lowest BCUT2D eigenvalue weighted by atomic mass is 10.1. The van der Waals surface area contributed by atoms with Crippen molar-refractivity contribution in [2.45, 2.75) is 0 Å². The van der Waals surface area contributed by atoms with Crippen LogP contribution in [0, 0.1) is 0 Å². The lowest BCUT2D eigenvalue weighted by molar-refractivity contribution is 0.325. The van der Waals surface area contributed by atoms with E-state index in [4.69, 9.17) is 19.9 Å². The summed E-state index contributed by atoms with van der Waals surface area (Å²) in [6, 6.07) is 3.58. The minimum absolute atomic E-state index is 0.512. The number of anilines is 1. The largest absolute Gasteiger partial charge is 0.493 e. The van der Waals surface area contributed by atoms with Crippen LogP contribution in [0.15, 0.2) is 16.6 Å². The summed E-state index contributed by atoms with van der Waals surface area (Å²) in [5, 5.41) is 4.37. The van der Waals surface area contributed by atoms with Crippen LogP contribution in [0.5, 0.6) is 17.2 Å². The molecule has 0 spiro atoms. The van der Waals surface area contributed by atoms with Gasteiger partial charge in [-0.15, -0.1) is 0 Å². The highest BCUT2D eigenvalue weighted by Gasteiger charge is 2.22. The molecule has 2 rings (SSSR count). The van der Waals surface area contributed by atoms with Gasteiger partial charge in [0.2, 0.25) is 5.75 Å². The molecule has 1 aromatic heterocycles. The molecular weight excluding hydrogens is 326 g/mol. The predicted octanol–water partition coefficient (Wildman–Crippen LogP) is 2.46. The van der Waals surface area contributed by atoms with Crippen molar-refractivity contribution in [1.82, 2.24) is 9.78 Å². The molecule has 0 unspecified atom stereocenters. The number of hydrogen-bond acceptors (Lipinski definition) is 5. The monoisotopic (exact) mass is 341 g/mol. The van der Waals surface area contributed by atoms with E-state index in [0.717, 1.165) is 10.0 Å². The lowest BCUT2D eigenvalue weighted by Gasteiger charge is -2.16. The van der Waals surface area contributed by atoms with Crippen LogP contribution in [-0.4, -0.2) is 31.1 Å². The molecule has 6 nitrogen and oxygen atoms in total. The molecular formula is C13H16BrN3O3. The average molecular weight is 342 g/mol. The van der Waals surface area contributed by atoms with Gasteiger partial charge in [0.25, 0.3) is 0 Å². The van der Waals surface area contributed by atoms with Crippen molar-refractivity contribution >= 4 is 21.7 Å². The molecule has 0 radical (unpaired) electrons. The Morgan fingerprint density at radius 1 is 1.10 bits per heavy atom. The fraction of sp³-hybridized carbons (Fsp3) is 0.308. The van der Waals surface area contributed by atoms with E-state index in [2.05, 4.69) is 21.0 Å². The molecule has 0 bridgehead atoms. The Kier molecular flexibility index (Phi) is 4.08. The van der Waals surface area contributed by atoms with Crippen LogP contribution in [0.3, 0.4) is 0 Å². The van der Waals surface area contributed by atoms with Crippen molar-refractivity contribution < 1.29 is 14.2 Å². The zero-order valence-electron chi connectivity index (χ0n) is 11.7. The van der Waals surface area contributed by atoms with E-state index in [1.807, 2.05) is 6.07 Å². The summed E-state index contributed by atoms with van der Waals surface area (Å²) in [5.74, 6) is 2.18. The number of nitrogens with two attached hydrogens (primary N) is 1. The van der Waals surface area contributed by atoms with Gasteiger partial charge in [0.15, 0.2) is 11.5 Å². The van der Waals surface area contributed by atoms with Gasteiger partial charge in [-0.3, -0.25) is 4.68 Å². The molecule has 7 heteroatoms. The van der Waals surface area contributed by atoms with Crippen molar-refractivity contribution in [2.75, 3.05) is 27.1 Å². The molecule has 0 fully saturated rings. The highest BCUT2D eigenvalue weighted by Crippen LogP contribution is 2.48. The number of hydrogen-bond donors (Lipinski definition) is 1. The smallest absolute Gasteiger partial charge is 0.204 e. The summed E-state index contributed by atoms with van der Waals surface area (Å²) >= 11 is 3.51. The van der Waals surface area contributed by atoms with Crippen molar-refractivity contribution in [3.8, 4) is 28.5 Å². The molecule has 0 atom stereocenters. The van der Waals surface area contributed by atoms with E-state index in [1.165, 1.54) is 0 Å². The molecule has 0 saturated carbocycles. The second kappa shape index (κ2) is 5.62. The summed E-state index contributed by atoms with van der Waals surface area (Å²) < 4.78 is 18.5. The van der Waals surface area contributed by atoms with E-state index in [0.29, 0.717) is 28.8 Å². The van der Waals surface area contributed by atoms with Gasteiger partial charge < -0.3 is 19.9 Å².